The van der Waals surface area contributed by atoms with Crippen LogP contribution in [0.2, 0.25) is 4.34 Å². The van der Waals surface area contributed by atoms with Gasteiger partial charge in [0.05, 0.1) is 10.9 Å². The molecule has 152 valence electrons. The lowest BCUT2D eigenvalue weighted by Gasteiger charge is -2.34. The first-order valence-electron chi connectivity index (χ1n) is 9.40. The molecule has 0 saturated carbocycles. The Balaban J connectivity index is 1.57. The highest BCUT2D eigenvalue weighted by atomic mass is 35.5. The van der Waals surface area contributed by atoms with Crippen LogP contribution in [0.25, 0.3) is 0 Å². The number of halogens is 1. The molecular weight excluding hydrogens is 398 g/mol. The van der Waals surface area contributed by atoms with Crippen molar-refractivity contribution in [3.05, 3.63) is 45.4 Å². The van der Waals surface area contributed by atoms with Gasteiger partial charge in [-0.15, -0.1) is 11.3 Å². The molecule has 0 aromatic carbocycles. The van der Waals surface area contributed by atoms with E-state index in [0.717, 1.165) is 17.7 Å². The number of carbonyl (C=O) groups excluding carboxylic acids is 2. The monoisotopic (exact) mass is 423 g/mol. The number of amides is 2. The first-order chi connectivity index (χ1) is 13.2. The van der Waals surface area contributed by atoms with Gasteiger partial charge in [-0.3, -0.25) is 4.79 Å². The van der Waals surface area contributed by atoms with Crippen LogP contribution >= 0.6 is 22.9 Å². The van der Waals surface area contributed by atoms with Gasteiger partial charge in [0.15, 0.2) is 0 Å². The van der Waals surface area contributed by atoms with Crippen LogP contribution in [0.5, 0.6) is 0 Å². The van der Waals surface area contributed by atoms with Crippen molar-refractivity contribution in [2.24, 2.45) is 0 Å². The molecule has 3 rings (SSSR count). The molecule has 6 nitrogen and oxygen atoms in total. The molecule has 0 radical (unpaired) electrons. The lowest BCUT2D eigenvalue weighted by atomic mass is 10.0. The van der Waals surface area contributed by atoms with Crippen molar-refractivity contribution >= 4 is 34.9 Å². The molecule has 0 aliphatic carbocycles. The van der Waals surface area contributed by atoms with Gasteiger partial charge in [0.25, 0.3) is 5.91 Å². The molecule has 1 aliphatic rings. The van der Waals surface area contributed by atoms with E-state index in [0.29, 0.717) is 29.7 Å². The summed E-state index contributed by atoms with van der Waals surface area (Å²) >= 11 is 7.40. The summed E-state index contributed by atoms with van der Waals surface area (Å²) in [5.41, 5.74) is 0.144. The maximum atomic E-state index is 12.6. The molecule has 28 heavy (non-hydrogen) atoms. The summed E-state index contributed by atoms with van der Waals surface area (Å²) in [6.07, 6.45) is 3.24. The quantitative estimate of drug-likeness (QED) is 0.774. The topological polar surface area (TPSA) is 63.6 Å². The Labute approximate surface area is 174 Å². The van der Waals surface area contributed by atoms with E-state index < -0.39 is 5.60 Å². The molecular formula is C20H26ClN3O3S. The number of nitrogens with one attached hydrogen (secondary N) is 1. The Hall–Kier alpha value is -1.99. The smallest absolute Gasteiger partial charge is 0.410 e. The maximum absolute atomic E-state index is 12.6. The molecule has 8 heteroatoms. The van der Waals surface area contributed by atoms with E-state index in [-0.39, 0.29) is 18.0 Å². The van der Waals surface area contributed by atoms with E-state index in [4.69, 9.17) is 16.3 Å². The zero-order valence-electron chi connectivity index (χ0n) is 16.4. The van der Waals surface area contributed by atoms with Crippen molar-refractivity contribution < 1.29 is 14.3 Å². The molecule has 3 heterocycles. The SMILES string of the molecule is CC(C)(C)OC(=O)N1CCC(n2cccc2C(=O)NCc2ccc(Cl)s2)CC1. The summed E-state index contributed by atoms with van der Waals surface area (Å²) in [4.78, 5) is 27.6. The Kier molecular flexibility index (Phi) is 6.35. The Morgan fingerprint density at radius 3 is 2.57 bits per heavy atom. The first-order valence-corrected chi connectivity index (χ1v) is 10.6. The van der Waals surface area contributed by atoms with Crippen molar-refractivity contribution in [1.82, 2.24) is 14.8 Å². The molecule has 2 amide bonds. The summed E-state index contributed by atoms with van der Waals surface area (Å²) in [6.45, 7) is 7.29. The molecule has 0 bridgehead atoms. The van der Waals surface area contributed by atoms with Gasteiger partial charge in [0, 0.05) is 30.2 Å². The van der Waals surface area contributed by atoms with Gasteiger partial charge < -0.3 is 19.5 Å². The average molecular weight is 424 g/mol. The molecule has 1 fully saturated rings. The number of ether oxygens (including phenoxy) is 1. The van der Waals surface area contributed by atoms with Gasteiger partial charge in [-0.2, -0.15) is 0 Å². The van der Waals surface area contributed by atoms with Gasteiger partial charge in [0.2, 0.25) is 0 Å². The van der Waals surface area contributed by atoms with Crippen LogP contribution < -0.4 is 5.32 Å². The third-order valence-electron chi connectivity index (χ3n) is 4.57. The van der Waals surface area contributed by atoms with Gasteiger partial charge in [-0.1, -0.05) is 11.6 Å². The van der Waals surface area contributed by atoms with Gasteiger partial charge in [0.1, 0.15) is 11.3 Å². The molecule has 0 atom stereocenters. The second-order valence-corrected chi connectivity index (χ2v) is 9.69. The normalized spacial score (nSPS) is 15.5. The van der Waals surface area contributed by atoms with E-state index in [1.165, 1.54) is 11.3 Å². The maximum Gasteiger partial charge on any atom is 0.410 e. The van der Waals surface area contributed by atoms with Crippen LogP contribution in [0.3, 0.4) is 0 Å². The average Bonchev–Trinajstić information content (AvgIpc) is 3.27. The van der Waals surface area contributed by atoms with E-state index in [2.05, 4.69) is 5.32 Å². The zero-order chi connectivity index (χ0) is 20.3. The molecule has 1 aliphatic heterocycles. The van der Waals surface area contributed by atoms with Crippen LogP contribution in [0, 0.1) is 0 Å². The molecule has 0 spiro atoms. The summed E-state index contributed by atoms with van der Waals surface area (Å²) < 4.78 is 8.18. The Morgan fingerprint density at radius 1 is 1.25 bits per heavy atom. The molecule has 1 saturated heterocycles. The fourth-order valence-electron chi connectivity index (χ4n) is 3.26. The van der Waals surface area contributed by atoms with E-state index >= 15 is 0 Å². The summed E-state index contributed by atoms with van der Waals surface area (Å²) in [5.74, 6) is -0.107. The molecule has 1 N–H and O–H groups in total. The number of hydrogen-bond acceptors (Lipinski definition) is 4. The number of nitrogens with zero attached hydrogens (tertiary/aromatic N) is 2. The standard InChI is InChI=1S/C20H26ClN3O3S/c1-20(2,3)27-19(26)23-11-8-14(9-12-23)24-10-4-5-16(24)18(25)22-13-15-6-7-17(21)28-15/h4-7,10,14H,8-9,11-13H2,1-3H3,(H,22,25). The minimum Gasteiger partial charge on any atom is -0.444 e. The summed E-state index contributed by atoms with van der Waals surface area (Å²) in [5, 5.41) is 2.95. The van der Waals surface area contributed by atoms with Gasteiger partial charge in [-0.25, -0.2) is 4.79 Å². The van der Waals surface area contributed by atoms with E-state index in [1.807, 2.05) is 55.8 Å². The minimum absolute atomic E-state index is 0.107. The van der Waals surface area contributed by atoms with Crippen LogP contribution in [0.15, 0.2) is 30.5 Å². The highest BCUT2D eigenvalue weighted by Crippen LogP contribution is 2.26. The minimum atomic E-state index is -0.494. The second kappa shape index (κ2) is 8.57. The Morgan fingerprint density at radius 2 is 1.96 bits per heavy atom. The second-order valence-electron chi connectivity index (χ2n) is 7.89. The van der Waals surface area contributed by atoms with Gasteiger partial charge in [-0.05, 0) is 57.9 Å². The number of rotatable bonds is 4. The number of piperidine rings is 1. The van der Waals surface area contributed by atoms with Crippen LogP contribution in [-0.2, 0) is 11.3 Å². The third kappa shape index (κ3) is 5.29. The van der Waals surface area contributed by atoms with Crippen LogP contribution in [0.4, 0.5) is 4.79 Å². The predicted molar refractivity (Wildman–Crippen MR) is 111 cm³/mol. The fraction of sp³-hybridized carbons (Fsp3) is 0.500. The van der Waals surface area contributed by atoms with E-state index in [1.54, 1.807) is 4.90 Å². The van der Waals surface area contributed by atoms with Crippen molar-refractivity contribution in [3.8, 4) is 0 Å². The predicted octanol–water partition coefficient (Wildman–Crippen LogP) is 4.71. The lowest BCUT2D eigenvalue weighted by molar-refractivity contribution is 0.0187. The highest BCUT2D eigenvalue weighted by Gasteiger charge is 2.28. The number of hydrogen-bond donors (Lipinski definition) is 1. The number of aromatic nitrogens is 1. The molecule has 2 aromatic rings. The zero-order valence-corrected chi connectivity index (χ0v) is 18.0. The summed E-state index contributed by atoms with van der Waals surface area (Å²) in [6, 6.07) is 7.65. The third-order valence-corrected chi connectivity index (χ3v) is 5.80. The summed E-state index contributed by atoms with van der Waals surface area (Å²) in [7, 11) is 0. The van der Waals surface area contributed by atoms with Crippen molar-refractivity contribution in [1.29, 1.82) is 0 Å². The highest BCUT2D eigenvalue weighted by molar-refractivity contribution is 7.16. The van der Waals surface area contributed by atoms with Crippen LogP contribution in [-0.4, -0.2) is 40.2 Å². The number of carbonyl (C=O) groups is 2. The van der Waals surface area contributed by atoms with E-state index in [9.17, 15) is 9.59 Å². The number of thiophene rings is 1. The number of likely N-dealkylation sites (tertiary alicyclic amines) is 1. The first kappa shape index (κ1) is 20.7. The van der Waals surface area contributed by atoms with Crippen LogP contribution in [0.1, 0.15) is 55.0 Å². The van der Waals surface area contributed by atoms with Crippen molar-refractivity contribution in [3.63, 3.8) is 0 Å². The molecule has 2 aromatic heterocycles. The largest absolute Gasteiger partial charge is 0.444 e. The van der Waals surface area contributed by atoms with Gasteiger partial charge >= 0.3 is 6.09 Å². The van der Waals surface area contributed by atoms with Crippen molar-refractivity contribution in [2.45, 2.75) is 51.8 Å². The Bertz CT molecular complexity index is 832. The van der Waals surface area contributed by atoms with Crippen molar-refractivity contribution in [2.75, 3.05) is 13.1 Å². The lowest BCUT2D eigenvalue weighted by Crippen LogP contribution is -2.42. The fourth-order valence-corrected chi connectivity index (χ4v) is 4.29. The molecule has 0 unspecified atom stereocenters.